The molecule has 1 aliphatic carbocycles. The summed E-state index contributed by atoms with van der Waals surface area (Å²) in [6, 6.07) is 1.24. The van der Waals surface area contributed by atoms with Gasteiger partial charge in [0.1, 0.15) is 0 Å². The molecule has 1 heterocycles. The van der Waals surface area contributed by atoms with E-state index in [-0.39, 0.29) is 0 Å². The summed E-state index contributed by atoms with van der Waals surface area (Å²) in [7, 11) is -2.97. The van der Waals surface area contributed by atoms with Crippen LogP contribution in [-0.2, 0) is 10.0 Å². The van der Waals surface area contributed by atoms with Crippen molar-refractivity contribution in [3.8, 4) is 0 Å². The van der Waals surface area contributed by atoms with E-state index in [0.717, 1.165) is 12.8 Å². The van der Waals surface area contributed by atoms with E-state index in [1.165, 1.54) is 19.3 Å². The van der Waals surface area contributed by atoms with Crippen molar-refractivity contribution in [2.75, 3.05) is 18.8 Å². The summed E-state index contributed by atoms with van der Waals surface area (Å²) < 4.78 is 25.5. The van der Waals surface area contributed by atoms with E-state index >= 15 is 0 Å². The maximum atomic E-state index is 11.9. The minimum atomic E-state index is -2.97. The smallest absolute Gasteiger partial charge is 0.214 e. The minimum absolute atomic E-state index is 0.299. The van der Waals surface area contributed by atoms with Crippen LogP contribution >= 0.6 is 0 Å². The van der Waals surface area contributed by atoms with Crippen LogP contribution in [0.3, 0.4) is 0 Å². The normalized spacial score (nSPS) is 24.8. The molecule has 0 atom stereocenters. The predicted octanol–water partition coefficient (Wildman–Crippen LogP) is 1.33. The predicted molar refractivity (Wildman–Crippen MR) is 69.4 cm³/mol. The highest BCUT2D eigenvalue weighted by molar-refractivity contribution is 7.89. The molecule has 0 aromatic heterocycles. The van der Waals surface area contributed by atoms with Gasteiger partial charge in [-0.05, 0) is 32.1 Å². The lowest BCUT2D eigenvalue weighted by Crippen LogP contribution is -2.49. The zero-order valence-electron chi connectivity index (χ0n) is 10.7. The molecule has 0 aromatic carbocycles. The molecular weight excluding hydrogens is 236 g/mol. The van der Waals surface area contributed by atoms with Crippen molar-refractivity contribution in [3.63, 3.8) is 0 Å². The number of hydrogen-bond acceptors (Lipinski definition) is 3. The van der Waals surface area contributed by atoms with E-state index < -0.39 is 10.0 Å². The summed E-state index contributed by atoms with van der Waals surface area (Å²) in [6.45, 7) is 3.32. The number of nitrogens with zero attached hydrogens (tertiary/aromatic N) is 1. The van der Waals surface area contributed by atoms with E-state index in [0.29, 0.717) is 37.3 Å². The SMILES string of the molecule is CCCS(=O)(=O)N1CCC(NC2CCC2)CC1. The molecule has 0 spiro atoms. The van der Waals surface area contributed by atoms with Gasteiger partial charge in [0, 0.05) is 25.2 Å². The molecular formula is C12H24N2O2S. The van der Waals surface area contributed by atoms with E-state index in [1.807, 2.05) is 6.92 Å². The molecule has 2 fully saturated rings. The van der Waals surface area contributed by atoms with E-state index in [4.69, 9.17) is 0 Å². The quantitative estimate of drug-likeness (QED) is 0.811. The Morgan fingerprint density at radius 3 is 2.18 bits per heavy atom. The summed E-state index contributed by atoms with van der Waals surface area (Å²) in [5.74, 6) is 0.299. The Kier molecular flexibility index (Phi) is 4.44. The Morgan fingerprint density at radius 1 is 1.12 bits per heavy atom. The second kappa shape index (κ2) is 5.67. The molecule has 1 aliphatic heterocycles. The Hall–Kier alpha value is -0.130. The maximum Gasteiger partial charge on any atom is 0.214 e. The fourth-order valence-corrected chi connectivity index (χ4v) is 4.14. The average molecular weight is 260 g/mol. The topological polar surface area (TPSA) is 49.4 Å². The van der Waals surface area contributed by atoms with Gasteiger partial charge in [0.25, 0.3) is 0 Å². The van der Waals surface area contributed by atoms with Crippen molar-refractivity contribution in [2.24, 2.45) is 0 Å². The summed E-state index contributed by atoms with van der Waals surface area (Å²) in [6.07, 6.45) is 6.60. The number of hydrogen-bond donors (Lipinski definition) is 1. The third kappa shape index (κ3) is 3.42. The fourth-order valence-electron chi connectivity index (χ4n) is 2.60. The summed E-state index contributed by atoms with van der Waals surface area (Å²) in [5, 5.41) is 3.64. The van der Waals surface area contributed by atoms with Crippen molar-refractivity contribution < 1.29 is 8.42 Å². The van der Waals surface area contributed by atoms with E-state index in [2.05, 4.69) is 5.32 Å². The second-order valence-electron chi connectivity index (χ2n) is 5.28. The lowest BCUT2D eigenvalue weighted by atomic mass is 9.91. The highest BCUT2D eigenvalue weighted by Crippen LogP contribution is 2.22. The Labute approximate surface area is 105 Å². The van der Waals surface area contributed by atoms with Crippen molar-refractivity contribution in [1.82, 2.24) is 9.62 Å². The van der Waals surface area contributed by atoms with Gasteiger partial charge < -0.3 is 5.32 Å². The van der Waals surface area contributed by atoms with Gasteiger partial charge in [0.05, 0.1) is 5.75 Å². The summed E-state index contributed by atoms with van der Waals surface area (Å²) in [5.41, 5.74) is 0. The molecule has 5 heteroatoms. The number of rotatable bonds is 5. The van der Waals surface area contributed by atoms with Crippen LogP contribution in [0.2, 0.25) is 0 Å². The Morgan fingerprint density at radius 2 is 1.71 bits per heavy atom. The van der Waals surface area contributed by atoms with Crippen molar-refractivity contribution in [2.45, 2.75) is 57.5 Å². The molecule has 0 unspecified atom stereocenters. The Bertz CT molecular complexity index is 330. The molecule has 0 aromatic rings. The van der Waals surface area contributed by atoms with Crippen LogP contribution in [0.25, 0.3) is 0 Å². The first-order valence-corrected chi connectivity index (χ1v) is 8.46. The first-order valence-electron chi connectivity index (χ1n) is 6.85. The number of piperidine rings is 1. The lowest BCUT2D eigenvalue weighted by Gasteiger charge is -2.36. The van der Waals surface area contributed by atoms with Gasteiger partial charge in [-0.15, -0.1) is 0 Å². The average Bonchev–Trinajstić information content (AvgIpc) is 2.24. The first kappa shape index (κ1) is 13.3. The molecule has 2 aliphatic rings. The molecule has 1 saturated heterocycles. The van der Waals surface area contributed by atoms with Gasteiger partial charge in [0.15, 0.2) is 0 Å². The van der Waals surface area contributed by atoms with Crippen molar-refractivity contribution in [3.05, 3.63) is 0 Å². The molecule has 0 radical (unpaired) electrons. The van der Waals surface area contributed by atoms with Gasteiger partial charge in [-0.3, -0.25) is 0 Å². The molecule has 4 nitrogen and oxygen atoms in total. The van der Waals surface area contributed by atoms with E-state index in [9.17, 15) is 8.42 Å². The van der Waals surface area contributed by atoms with Crippen molar-refractivity contribution in [1.29, 1.82) is 0 Å². The second-order valence-corrected chi connectivity index (χ2v) is 7.37. The molecule has 1 N–H and O–H groups in total. The van der Waals surface area contributed by atoms with Gasteiger partial charge in [-0.1, -0.05) is 13.3 Å². The number of nitrogens with one attached hydrogen (secondary N) is 1. The lowest BCUT2D eigenvalue weighted by molar-refractivity contribution is 0.236. The van der Waals surface area contributed by atoms with Crippen LogP contribution in [0.1, 0.15) is 45.4 Å². The molecule has 0 bridgehead atoms. The van der Waals surface area contributed by atoms with Crippen LogP contribution in [0.5, 0.6) is 0 Å². The molecule has 2 rings (SSSR count). The summed E-state index contributed by atoms with van der Waals surface area (Å²) in [4.78, 5) is 0. The molecule has 100 valence electrons. The Balaban J connectivity index is 1.77. The van der Waals surface area contributed by atoms with Crippen LogP contribution in [-0.4, -0.2) is 43.6 Å². The third-order valence-electron chi connectivity index (χ3n) is 3.89. The van der Waals surface area contributed by atoms with Gasteiger partial charge >= 0.3 is 0 Å². The van der Waals surface area contributed by atoms with Crippen LogP contribution < -0.4 is 5.32 Å². The third-order valence-corrected chi connectivity index (χ3v) is 5.96. The minimum Gasteiger partial charge on any atom is -0.311 e. The zero-order valence-corrected chi connectivity index (χ0v) is 11.5. The summed E-state index contributed by atoms with van der Waals surface area (Å²) >= 11 is 0. The van der Waals surface area contributed by atoms with E-state index in [1.54, 1.807) is 4.31 Å². The van der Waals surface area contributed by atoms with Gasteiger partial charge in [-0.2, -0.15) is 0 Å². The largest absolute Gasteiger partial charge is 0.311 e. The fraction of sp³-hybridized carbons (Fsp3) is 1.00. The standard InChI is InChI=1S/C12H24N2O2S/c1-2-10-17(15,16)14-8-6-12(7-9-14)13-11-4-3-5-11/h11-13H,2-10H2,1H3. The maximum absolute atomic E-state index is 11.9. The molecule has 17 heavy (non-hydrogen) atoms. The first-order chi connectivity index (χ1) is 8.12. The van der Waals surface area contributed by atoms with Crippen LogP contribution in [0.15, 0.2) is 0 Å². The van der Waals surface area contributed by atoms with Crippen LogP contribution in [0, 0.1) is 0 Å². The highest BCUT2D eigenvalue weighted by Gasteiger charge is 2.29. The van der Waals surface area contributed by atoms with Gasteiger partial charge in [0.2, 0.25) is 10.0 Å². The zero-order chi connectivity index (χ0) is 12.3. The van der Waals surface area contributed by atoms with Crippen LogP contribution in [0.4, 0.5) is 0 Å². The monoisotopic (exact) mass is 260 g/mol. The highest BCUT2D eigenvalue weighted by atomic mass is 32.2. The van der Waals surface area contributed by atoms with Gasteiger partial charge in [-0.25, -0.2) is 12.7 Å². The molecule has 0 amide bonds. The van der Waals surface area contributed by atoms with Crippen molar-refractivity contribution >= 4 is 10.0 Å². The molecule has 1 saturated carbocycles. The number of sulfonamides is 1.